The lowest BCUT2D eigenvalue weighted by molar-refractivity contribution is -0.133. The molecule has 168 valence electrons. The number of nitrogens with one attached hydrogen (secondary N) is 1. The monoisotopic (exact) mass is 456 g/mol. The fourth-order valence-corrected chi connectivity index (χ4v) is 4.91. The Morgan fingerprint density at radius 2 is 1.91 bits per heavy atom. The number of aryl methyl sites for hydroxylation is 1. The molecule has 9 heteroatoms. The van der Waals surface area contributed by atoms with Crippen molar-refractivity contribution in [2.24, 2.45) is 5.92 Å². The van der Waals surface area contributed by atoms with Crippen LogP contribution in [0.25, 0.3) is 10.2 Å². The highest BCUT2D eigenvalue weighted by Crippen LogP contribution is 2.27. The minimum absolute atomic E-state index is 0.0580. The van der Waals surface area contributed by atoms with Gasteiger partial charge in [0, 0.05) is 19.6 Å². The van der Waals surface area contributed by atoms with E-state index < -0.39 is 0 Å². The predicted molar refractivity (Wildman–Crippen MR) is 121 cm³/mol. The van der Waals surface area contributed by atoms with Gasteiger partial charge < -0.3 is 10.2 Å². The van der Waals surface area contributed by atoms with E-state index in [2.05, 4.69) is 17.2 Å². The second-order valence-electron chi connectivity index (χ2n) is 8.29. The van der Waals surface area contributed by atoms with Gasteiger partial charge in [0.2, 0.25) is 5.91 Å². The average molecular weight is 457 g/mol. The normalized spacial score (nSPS) is 14.7. The number of nitrogens with zero attached hydrogens (tertiary/aromatic N) is 3. The van der Waals surface area contributed by atoms with Crippen molar-refractivity contribution in [1.82, 2.24) is 19.8 Å². The van der Waals surface area contributed by atoms with E-state index in [-0.39, 0.29) is 36.3 Å². The molecule has 0 atom stereocenters. The molecule has 0 bridgehead atoms. The Kier molecular flexibility index (Phi) is 6.36. The zero-order valence-corrected chi connectivity index (χ0v) is 18.9. The lowest BCUT2D eigenvalue weighted by Crippen LogP contribution is -2.41. The molecule has 3 heterocycles. The first-order chi connectivity index (χ1) is 15.3. The van der Waals surface area contributed by atoms with Crippen molar-refractivity contribution in [3.63, 3.8) is 0 Å². The van der Waals surface area contributed by atoms with E-state index in [1.165, 1.54) is 23.0 Å². The molecule has 3 aromatic rings. The molecule has 0 spiro atoms. The quantitative estimate of drug-likeness (QED) is 0.640. The summed E-state index contributed by atoms with van der Waals surface area (Å²) in [5.41, 5.74) is 0.998. The molecule has 0 unspecified atom stereocenters. The van der Waals surface area contributed by atoms with Gasteiger partial charge in [0.1, 0.15) is 17.2 Å². The summed E-state index contributed by atoms with van der Waals surface area (Å²) in [7, 11) is 0. The standard InChI is InChI=1S/C23H25FN4O3S/c1-14-7-9-27(10-8-14)18(29)12-28-13-26-22-19(23(28)31)15(2)20(32-22)21(30)25-11-16-3-5-17(24)6-4-16/h3-6,13-14H,7-12H2,1-2H3,(H,25,30). The maximum Gasteiger partial charge on any atom is 0.262 e. The number of carbonyl (C=O) groups is 2. The number of fused-ring (bicyclic) bond motifs is 1. The summed E-state index contributed by atoms with van der Waals surface area (Å²) in [6.45, 7) is 5.50. The van der Waals surface area contributed by atoms with Gasteiger partial charge in [-0.3, -0.25) is 19.0 Å². The van der Waals surface area contributed by atoms with Crippen LogP contribution in [0.2, 0.25) is 0 Å². The van der Waals surface area contributed by atoms with E-state index in [4.69, 9.17) is 0 Å². The molecule has 4 rings (SSSR count). The van der Waals surface area contributed by atoms with Crippen molar-refractivity contribution >= 4 is 33.4 Å². The van der Waals surface area contributed by atoms with E-state index in [0.717, 1.165) is 29.7 Å². The van der Waals surface area contributed by atoms with Gasteiger partial charge in [-0.2, -0.15) is 0 Å². The fourth-order valence-electron chi connectivity index (χ4n) is 3.86. The molecule has 7 nitrogen and oxygen atoms in total. The number of halogens is 1. The third kappa shape index (κ3) is 4.57. The number of likely N-dealkylation sites (tertiary alicyclic amines) is 1. The summed E-state index contributed by atoms with van der Waals surface area (Å²) in [5, 5.41) is 3.17. The van der Waals surface area contributed by atoms with Crippen LogP contribution in [-0.2, 0) is 17.9 Å². The van der Waals surface area contributed by atoms with Gasteiger partial charge in [-0.25, -0.2) is 9.37 Å². The molecule has 1 aliphatic rings. The third-order valence-electron chi connectivity index (χ3n) is 5.93. The van der Waals surface area contributed by atoms with Crippen LogP contribution in [0.3, 0.4) is 0 Å². The van der Waals surface area contributed by atoms with E-state index in [0.29, 0.717) is 39.7 Å². The van der Waals surface area contributed by atoms with Crippen LogP contribution in [-0.4, -0.2) is 39.4 Å². The number of amides is 2. The molecule has 0 saturated carbocycles. The smallest absolute Gasteiger partial charge is 0.262 e. The summed E-state index contributed by atoms with van der Waals surface area (Å²) in [5.74, 6) is -0.137. The Bertz CT molecular complexity index is 1210. The number of benzene rings is 1. The van der Waals surface area contributed by atoms with Crippen LogP contribution >= 0.6 is 11.3 Å². The lowest BCUT2D eigenvalue weighted by Gasteiger charge is -2.30. The molecule has 2 aromatic heterocycles. The first-order valence-electron chi connectivity index (χ1n) is 10.6. The average Bonchev–Trinajstić information content (AvgIpc) is 3.12. The number of carbonyl (C=O) groups excluding carboxylic acids is 2. The number of hydrogen-bond donors (Lipinski definition) is 1. The summed E-state index contributed by atoms with van der Waals surface area (Å²) in [4.78, 5) is 45.4. The molecule has 1 aliphatic heterocycles. The minimum Gasteiger partial charge on any atom is -0.347 e. The topological polar surface area (TPSA) is 84.3 Å². The lowest BCUT2D eigenvalue weighted by atomic mass is 9.99. The van der Waals surface area contributed by atoms with Crippen LogP contribution in [0.1, 0.15) is 40.6 Å². The Morgan fingerprint density at radius 1 is 1.22 bits per heavy atom. The summed E-state index contributed by atoms with van der Waals surface area (Å²) >= 11 is 1.15. The third-order valence-corrected chi connectivity index (χ3v) is 7.13. The Morgan fingerprint density at radius 3 is 2.59 bits per heavy atom. The molecule has 0 aliphatic carbocycles. The van der Waals surface area contributed by atoms with Crippen molar-refractivity contribution in [3.05, 3.63) is 62.8 Å². The zero-order valence-electron chi connectivity index (χ0n) is 18.1. The molecule has 1 fully saturated rings. The molecule has 2 amide bonds. The fraction of sp³-hybridized carbons (Fsp3) is 0.391. The highest BCUT2D eigenvalue weighted by Gasteiger charge is 2.23. The Labute approximate surface area is 188 Å². The summed E-state index contributed by atoms with van der Waals surface area (Å²) in [6, 6.07) is 5.88. The highest BCUT2D eigenvalue weighted by molar-refractivity contribution is 7.20. The second-order valence-corrected chi connectivity index (χ2v) is 9.29. The first kappa shape index (κ1) is 22.1. The van der Waals surface area contributed by atoms with Gasteiger partial charge in [-0.05, 0) is 48.9 Å². The highest BCUT2D eigenvalue weighted by atomic mass is 32.1. The second kappa shape index (κ2) is 9.20. The number of rotatable bonds is 5. The van der Waals surface area contributed by atoms with Crippen LogP contribution in [0, 0.1) is 18.7 Å². The maximum atomic E-state index is 13.1. The molecule has 32 heavy (non-hydrogen) atoms. The van der Waals surface area contributed by atoms with Crippen LogP contribution < -0.4 is 10.9 Å². The van der Waals surface area contributed by atoms with E-state index in [1.807, 2.05) is 0 Å². The number of thiophene rings is 1. The minimum atomic E-state index is -0.337. The molecular formula is C23H25FN4O3S. The predicted octanol–water partition coefficient (Wildman–Crippen LogP) is 3.09. The van der Waals surface area contributed by atoms with Gasteiger partial charge in [-0.15, -0.1) is 11.3 Å². The SMILES string of the molecule is Cc1c(C(=O)NCc2ccc(F)cc2)sc2ncn(CC(=O)N3CCC(C)CC3)c(=O)c12. The molecule has 1 aromatic carbocycles. The van der Waals surface area contributed by atoms with E-state index in [9.17, 15) is 18.8 Å². The maximum absolute atomic E-state index is 13.1. The first-order valence-corrected chi connectivity index (χ1v) is 11.4. The van der Waals surface area contributed by atoms with Gasteiger partial charge in [0.25, 0.3) is 11.5 Å². The van der Waals surface area contributed by atoms with Gasteiger partial charge in [0.05, 0.1) is 16.6 Å². The number of piperidine rings is 1. The van der Waals surface area contributed by atoms with Crippen molar-refractivity contribution < 1.29 is 14.0 Å². The molecule has 1 saturated heterocycles. The van der Waals surface area contributed by atoms with Crippen LogP contribution in [0.15, 0.2) is 35.4 Å². The van der Waals surface area contributed by atoms with Gasteiger partial charge in [0.15, 0.2) is 0 Å². The number of hydrogen-bond acceptors (Lipinski definition) is 5. The van der Waals surface area contributed by atoms with Crippen molar-refractivity contribution in [2.75, 3.05) is 13.1 Å². The Balaban J connectivity index is 1.51. The summed E-state index contributed by atoms with van der Waals surface area (Å²) < 4.78 is 14.4. The van der Waals surface area contributed by atoms with Crippen molar-refractivity contribution in [2.45, 2.75) is 39.8 Å². The number of aromatic nitrogens is 2. The van der Waals surface area contributed by atoms with Crippen molar-refractivity contribution in [1.29, 1.82) is 0 Å². The molecule has 1 N–H and O–H groups in total. The van der Waals surface area contributed by atoms with Gasteiger partial charge in [-0.1, -0.05) is 19.1 Å². The van der Waals surface area contributed by atoms with Crippen molar-refractivity contribution in [3.8, 4) is 0 Å². The van der Waals surface area contributed by atoms with Crippen LogP contribution in [0.4, 0.5) is 4.39 Å². The zero-order chi connectivity index (χ0) is 22.8. The largest absolute Gasteiger partial charge is 0.347 e. The summed E-state index contributed by atoms with van der Waals surface area (Å²) in [6.07, 6.45) is 3.32. The molecule has 0 radical (unpaired) electrons. The Hall–Kier alpha value is -3.07. The van der Waals surface area contributed by atoms with E-state index >= 15 is 0 Å². The van der Waals surface area contributed by atoms with E-state index in [1.54, 1.807) is 24.0 Å². The van der Waals surface area contributed by atoms with Crippen LogP contribution in [0.5, 0.6) is 0 Å². The van der Waals surface area contributed by atoms with Gasteiger partial charge >= 0.3 is 0 Å². The molecular weight excluding hydrogens is 431 g/mol.